The number of nitrogens with zero attached hydrogens (tertiary/aromatic N) is 3. The van der Waals surface area contributed by atoms with Crippen molar-refractivity contribution in [1.82, 2.24) is 20.4 Å². The number of benzene rings is 2. The summed E-state index contributed by atoms with van der Waals surface area (Å²) in [5.74, 6) is -0.559. The van der Waals surface area contributed by atoms with Crippen LogP contribution < -0.4 is 10.9 Å². The van der Waals surface area contributed by atoms with Gasteiger partial charge in [0.15, 0.2) is 0 Å². The third kappa shape index (κ3) is 5.67. The van der Waals surface area contributed by atoms with Gasteiger partial charge in [-0.1, -0.05) is 36.4 Å². The van der Waals surface area contributed by atoms with Gasteiger partial charge in [-0.2, -0.15) is 10.4 Å². The standard InChI is InChI=1S/C30H33N5O3/c1-19-14-23(11-10-22(19)16-24-15-20(2)33-34-29(24)38)28(37)32-17-27(36)35-25(21-8-6-5-7-9-21)12-13-26(35)30(3,4)18-31/h5-11,14-15,25-26H,12-13,16-17H2,1-4H3,(H,32,37)(H,34,38)/t25-,26+/m0/s1. The molecule has 2 atom stereocenters. The molecule has 2 N–H and O–H groups in total. The second kappa shape index (κ2) is 11.0. The topological polar surface area (TPSA) is 119 Å². The van der Waals surface area contributed by atoms with Crippen molar-refractivity contribution in [1.29, 1.82) is 5.26 Å². The molecule has 0 saturated carbocycles. The van der Waals surface area contributed by atoms with E-state index in [1.54, 1.807) is 23.1 Å². The highest BCUT2D eigenvalue weighted by atomic mass is 16.2. The van der Waals surface area contributed by atoms with E-state index in [2.05, 4.69) is 21.6 Å². The zero-order chi connectivity index (χ0) is 27.4. The number of hydrogen-bond donors (Lipinski definition) is 2. The Morgan fingerprint density at radius 1 is 1.11 bits per heavy atom. The maximum atomic E-state index is 13.5. The zero-order valence-corrected chi connectivity index (χ0v) is 22.2. The van der Waals surface area contributed by atoms with Gasteiger partial charge in [0.1, 0.15) is 0 Å². The molecule has 4 rings (SSSR count). The van der Waals surface area contributed by atoms with Crippen molar-refractivity contribution in [2.24, 2.45) is 5.41 Å². The molecule has 1 fully saturated rings. The summed E-state index contributed by atoms with van der Waals surface area (Å²) in [4.78, 5) is 40.4. The highest BCUT2D eigenvalue weighted by Crippen LogP contribution is 2.43. The van der Waals surface area contributed by atoms with Gasteiger partial charge in [-0.3, -0.25) is 14.4 Å². The zero-order valence-electron chi connectivity index (χ0n) is 22.2. The molecule has 1 saturated heterocycles. The van der Waals surface area contributed by atoms with Crippen molar-refractivity contribution in [2.45, 2.75) is 59.0 Å². The van der Waals surface area contributed by atoms with Crippen molar-refractivity contribution >= 4 is 11.8 Å². The van der Waals surface area contributed by atoms with Crippen LogP contribution >= 0.6 is 0 Å². The van der Waals surface area contributed by atoms with E-state index in [1.165, 1.54) is 0 Å². The molecule has 0 bridgehead atoms. The van der Waals surface area contributed by atoms with Crippen molar-refractivity contribution in [3.63, 3.8) is 0 Å². The van der Waals surface area contributed by atoms with Crippen LogP contribution in [0.15, 0.2) is 59.4 Å². The number of H-pyrrole nitrogens is 1. The lowest BCUT2D eigenvalue weighted by atomic mass is 9.84. The van der Waals surface area contributed by atoms with E-state index in [-0.39, 0.29) is 36.0 Å². The fourth-order valence-corrected chi connectivity index (χ4v) is 5.23. The molecule has 0 spiro atoms. The van der Waals surface area contributed by atoms with E-state index in [9.17, 15) is 19.6 Å². The van der Waals surface area contributed by atoms with Gasteiger partial charge in [0.25, 0.3) is 11.5 Å². The Hall–Kier alpha value is -4.25. The molecule has 38 heavy (non-hydrogen) atoms. The van der Waals surface area contributed by atoms with Crippen LogP contribution in [0.2, 0.25) is 0 Å². The molecular formula is C30H33N5O3. The highest BCUT2D eigenvalue weighted by molar-refractivity contribution is 5.96. The van der Waals surface area contributed by atoms with Gasteiger partial charge < -0.3 is 10.2 Å². The Bertz CT molecular complexity index is 1440. The minimum atomic E-state index is -0.717. The number of nitriles is 1. The molecule has 3 aromatic rings. The number of hydrogen-bond acceptors (Lipinski definition) is 5. The van der Waals surface area contributed by atoms with Gasteiger partial charge in [0, 0.05) is 17.5 Å². The number of aromatic nitrogens is 2. The van der Waals surface area contributed by atoms with Crippen LogP contribution in [0.25, 0.3) is 0 Å². The first-order valence-electron chi connectivity index (χ1n) is 12.8. The van der Waals surface area contributed by atoms with E-state index >= 15 is 0 Å². The average Bonchev–Trinajstić information content (AvgIpc) is 3.37. The highest BCUT2D eigenvalue weighted by Gasteiger charge is 2.45. The van der Waals surface area contributed by atoms with Crippen LogP contribution in [0.4, 0.5) is 0 Å². The van der Waals surface area contributed by atoms with E-state index < -0.39 is 5.41 Å². The van der Waals surface area contributed by atoms with Gasteiger partial charge in [0.05, 0.1) is 35.8 Å². The van der Waals surface area contributed by atoms with E-state index in [1.807, 2.05) is 64.1 Å². The first-order chi connectivity index (χ1) is 18.1. The molecule has 0 radical (unpaired) electrons. The summed E-state index contributed by atoms with van der Waals surface area (Å²) >= 11 is 0. The normalized spacial score (nSPS) is 17.2. The lowest BCUT2D eigenvalue weighted by Crippen LogP contribution is -2.48. The third-order valence-electron chi connectivity index (χ3n) is 7.37. The Labute approximate surface area is 222 Å². The lowest BCUT2D eigenvalue weighted by Gasteiger charge is -2.36. The Kier molecular flexibility index (Phi) is 7.77. The van der Waals surface area contributed by atoms with Gasteiger partial charge >= 0.3 is 0 Å². The molecule has 2 amide bonds. The van der Waals surface area contributed by atoms with Crippen LogP contribution in [0.3, 0.4) is 0 Å². The van der Waals surface area contributed by atoms with Gasteiger partial charge in [-0.15, -0.1) is 0 Å². The van der Waals surface area contributed by atoms with Crippen LogP contribution in [0, 0.1) is 30.6 Å². The number of nitrogens with one attached hydrogen (secondary N) is 2. The monoisotopic (exact) mass is 511 g/mol. The number of aromatic amines is 1. The number of carbonyl (C=O) groups excluding carboxylic acids is 2. The second-order valence-electron chi connectivity index (χ2n) is 10.5. The van der Waals surface area contributed by atoms with Crippen LogP contribution in [0.5, 0.6) is 0 Å². The molecule has 8 nitrogen and oxygen atoms in total. The van der Waals surface area contributed by atoms with Crippen molar-refractivity contribution < 1.29 is 9.59 Å². The largest absolute Gasteiger partial charge is 0.343 e. The molecular weight excluding hydrogens is 478 g/mol. The summed E-state index contributed by atoms with van der Waals surface area (Å²) in [6, 6.07) is 18.8. The summed E-state index contributed by atoms with van der Waals surface area (Å²) < 4.78 is 0. The Morgan fingerprint density at radius 2 is 1.84 bits per heavy atom. The van der Waals surface area contributed by atoms with Crippen molar-refractivity contribution in [2.75, 3.05) is 6.54 Å². The summed E-state index contributed by atoms with van der Waals surface area (Å²) in [5, 5.41) is 18.9. The molecule has 196 valence electrons. The number of amides is 2. The number of aryl methyl sites for hydroxylation is 2. The Morgan fingerprint density at radius 3 is 2.53 bits per heavy atom. The molecule has 0 aliphatic carbocycles. The third-order valence-corrected chi connectivity index (χ3v) is 7.37. The van der Waals surface area contributed by atoms with Gasteiger partial charge in [0.2, 0.25) is 5.91 Å². The van der Waals surface area contributed by atoms with Crippen LogP contribution in [-0.2, 0) is 11.2 Å². The summed E-state index contributed by atoms with van der Waals surface area (Å²) in [7, 11) is 0. The molecule has 1 aromatic heterocycles. The molecule has 8 heteroatoms. The average molecular weight is 512 g/mol. The molecule has 1 aliphatic rings. The van der Waals surface area contributed by atoms with E-state index in [0.717, 1.165) is 35.2 Å². The second-order valence-corrected chi connectivity index (χ2v) is 10.5. The molecule has 1 aliphatic heterocycles. The summed E-state index contributed by atoms with van der Waals surface area (Å²) in [6.07, 6.45) is 1.91. The maximum absolute atomic E-state index is 13.5. The number of carbonyl (C=O) groups is 2. The van der Waals surface area contributed by atoms with Gasteiger partial charge in [-0.25, -0.2) is 5.10 Å². The maximum Gasteiger partial charge on any atom is 0.267 e. The first-order valence-corrected chi connectivity index (χ1v) is 12.8. The van der Waals surface area contributed by atoms with Crippen LogP contribution in [0.1, 0.15) is 71.0 Å². The summed E-state index contributed by atoms with van der Waals surface area (Å²) in [5.41, 5.74) is 3.65. The van der Waals surface area contributed by atoms with E-state index in [0.29, 0.717) is 17.5 Å². The smallest absolute Gasteiger partial charge is 0.267 e. The number of likely N-dealkylation sites (tertiary alicyclic amines) is 1. The van der Waals surface area contributed by atoms with Crippen molar-refractivity contribution in [3.8, 4) is 6.07 Å². The molecule has 0 unspecified atom stereocenters. The minimum absolute atomic E-state index is 0.139. The fourth-order valence-electron chi connectivity index (χ4n) is 5.23. The number of rotatable bonds is 7. The predicted molar refractivity (Wildman–Crippen MR) is 144 cm³/mol. The van der Waals surface area contributed by atoms with Gasteiger partial charge in [-0.05, 0) is 75.4 Å². The fraction of sp³-hybridized carbons (Fsp3) is 0.367. The minimum Gasteiger partial charge on any atom is -0.343 e. The summed E-state index contributed by atoms with van der Waals surface area (Å²) in [6.45, 7) is 7.26. The quantitative estimate of drug-likeness (QED) is 0.497. The predicted octanol–water partition coefficient (Wildman–Crippen LogP) is 3.99. The van der Waals surface area contributed by atoms with Crippen LogP contribution in [-0.4, -0.2) is 39.5 Å². The molecule has 2 heterocycles. The first kappa shape index (κ1) is 26.8. The Balaban J connectivity index is 1.47. The molecule has 2 aromatic carbocycles. The van der Waals surface area contributed by atoms with Crippen molar-refractivity contribution in [3.05, 3.63) is 98.5 Å². The SMILES string of the molecule is Cc1cc(Cc2ccc(C(=O)NCC(=O)N3[C@H](c4ccccc4)CC[C@@H]3C(C)(C)C#N)cc2C)c(=O)[nH]n1. The lowest BCUT2D eigenvalue weighted by molar-refractivity contribution is -0.134. The van der Waals surface area contributed by atoms with E-state index in [4.69, 9.17) is 0 Å².